The van der Waals surface area contributed by atoms with Crippen LogP contribution in [0.25, 0.3) is 0 Å². The molecule has 1 heterocycles. The summed E-state index contributed by atoms with van der Waals surface area (Å²) in [6.45, 7) is 0. The number of hydrogen-bond donors (Lipinski definition) is 0. The van der Waals surface area contributed by atoms with Crippen molar-refractivity contribution in [3.8, 4) is 0 Å². The van der Waals surface area contributed by atoms with E-state index in [0.29, 0.717) is 5.56 Å². The maximum Gasteiger partial charge on any atom is 0.416 e. The molecule has 0 unspecified atom stereocenters. The minimum absolute atomic E-state index is 0.0630. The Hall–Kier alpha value is -3.09. The predicted octanol–water partition coefficient (Wildman–Crippen LogP) is 5.78. The van der Waals surface area contributed by atoms with Crippen LogP contribution < -0.4 is 0 Å². The average Bonchev–Trinajstić information content (AvgIpc) is 2.66. The van der Waals surface area contributed by atoms with Crippen LogP contribution in [-0.4, -0.2) is 10.8 Å². The van der Waals surface area contributed by atoms with Crippen LogP contribution in [0.15, 0.2) is 66.9 Å². The molecule has 0 fully saturated rings. The standard InChI is InChI=1S/C21H14F5NO/c22-16-4-1-3-14(11-16)19(28)12-17(20-18(23)5-2-10-27-20)13-6-8-15(9-7-13)21(24,25)26/h1-11,17H,12H2/t17-/m0/s1. The molecule has 0 saturated carbocycles. The summed E-state index contributed by atoms with van der Waals surface area (Å²) in [4.78, 5) is 16.6. The number of ketones is 1. The third kappa shape index (κ3) is 4.42. The fraction of sp³-hybridized carbons (Fsp3) is 0.143. The molecule has 2 nitrogen and oxygen atoms in total. The molecular weight excluding hydrogens is 377 g/mol. The Morgan fingerprint density at radius 3 is 2.29 bits per heavy atom. The lowest BCUT2D eigenvalue weighted by Crippen LogP contribution is -2.13. The zero-order valence-electron chi connectivity index (χ0n) is 14.4. The molecule has 7 heteroatoms. The number of halogens is 5. The summed E-state index contributed by atoms with van der Waals surface area (Å²) in [5, 5.41) is 0. The van der Waals surface area contributed by atoms with Crippen LogP contribution in [0.5, 0.6) is 0 Å². The summed E-state index contributed by atoms with van der Waals surface area (Å²) in [7, 11) is 0. The van der Waals surface area contributed by atoms with Crippen LogP contribution >= 0.6 is 0 Å². The zero-order valence-corrected chi connectivity index (χ0v) is 14.4. The zero-order chi connectivity index (χ0) is 20.3. The maximum absolute atomic E-state index is 14.3. The summed E-state index contributed by atoms with van der Waals surface area (Å²) in [6.07, 6.45) is -3.45. The minimum Gasteiger partial charge on any atom is -0.294 e. The first-order valence-corrected chi connectivity index (χ1v) is 8.32. The van der Waals surface area contributed by atoms with E-state index in [-0.39, 0.29) is 17.7 Å². The Bertz CT molecular complexity index is 983. The second-order valence-corrected chi connectivity index (χ2v) is 6.18. The lowest BCUT2D eigenvalue weighted by molar-refractivity contribution is -0.137. The highest BCUT2D eigenvalue weighted by Crippen LogP contribution is 2.33. The first-order chi connectivity index (χ1) is 13.3. The van der Waals surface area contributed by atoms with E-state index in [1.807, 2.05) is 0 Å². The second-order valence-electron chi connectivity index (χ2n) is 6.18. The van der Waals surface area contributed by atoms with Gasteiger partial charge in [0.15, 0.2) is 5.78 Å². The van der Waals surface area contributed by atoms with E-state index >= 15 is 0 Å². The molecule has 28 heavy (non-hydrogen) atoms. The van der Waals surface area contributed by atoms with E-state index in [2.05, 4.69) is 4.98 Å². The van der Waals surface area contributed by atoms with Crippen molar-refractivity contribution in [2.75, 3.05) is 0 Å². The molecule has 1 atom stereocenters. The van der Waals surface area contributed by atoms with Gasteiger partial charge in [-0.2, -0.15) is 13.2 Å². The molecule has 0 radical (unpaired) electrons. The van der Waals surface area contributed by atoms with Gasteiger partial charge in [0.25, 0.3) is 0 Å². The number of pyridine rings is 1. The van der Waals surface area contributed by atoms with E-state index in [9.17, 15) is 26.7 Å². The molecule has 0 aliphatic carbocycles. The van der Waals surface area contributed by atoms with Crippen LogP contribution in [0.2, 0.25) is 0 Å². The van der Waals surface area contributed by atoms with Gasteiger partial charge in [0.2, 0.25) is 0 Å². The van der Waals surface area contributed by atoms with Crippen LogP contribution in [0.3, 0.4) is 0 Å². The summed E-state index contributed by atoms with van der Waals surface area (Å²) < 4.78 is 66.1. The number of benzene rings is 2. The third-order valence-electron chi connectivity index (χ3n) is 4.29. The van der Waals surface area contributed by atoms with Crippen LogP contribution in [0, 0.1) is 11.6 Å². The van der Waals surface area contributed by atoms with Crippen LogP contribution in [-0.2, 0) is 6.18 Å². The second kappa shape index (κ2) is 7.88. The van der Waals surface area contributed by atoms with Gasteiger partial charge in [-0.25, -0.2) is 8.78 Å². The molecule has 0 aliphatic rings. The Morgan fingerprint density at radius 1 is 0.964 bits per heavy atom. The van der Waals surface area contributed by atoms with Gasteiger partial charge in [0.1, 0.15) is 11.6 Å². The fourth-order valence-electron chi connectivity index (χ4n) is 2.90. The van der Waals surface area contributed by atoms with Crippen LogP contribution in [0.4, 0.5) is 22.0 Å². The first kappa shape index (κ1) is 19.7. The highest BCUT2D eigenvalue weighted by atomic mass is 19.4. The third-order valence-corrected chi connectivity index (χ3v) is 4.29. The van der Waals surface area contributed by atoms with Gasteiger partial charge >= 0.3 is 6.18 Å². The molecule has 0 saturated heterocycles. The molecule has 0 N–H and O–H groups in total. The van der Waals surface area contributed by atoms with Crippen molar-refractivity contribution < 1.29 is 26.7 Å². The molecule has 0 amide bonds. The number of hydrogen-bond acceptors (Lipinski definition) is 2. The Kier molecular flexibility index (Phi) is 5.53. The molecule has 0 bridgehead atoms. The lowest BCUT2D eigenvalue weighted by atomic mass is 9.88. The molecule has 3 aromatic rings. The molecular formula is C21H14F5NO. The monoisotopic (exact) mass is 391 g/mol. The van der Waals surface area contributed by atoms with Gasteiger partial charge in [-0.05, 0) is 42.0 Å². The Morgan fingerprint density at radius 2 is 1.68 bits per heavy atom. The molecule has 0 aliphatic heterocycles. The number of Topliss-reactive ketones (excluding diaryl/α,β-unsaturated/α-hetero) is 1. The average molecular weight is 391 g/mol. The largest absolute Gasteiger partial charge is 0.416 e. The van der Waals surface area contributed by atoms with E-state index in [0.717, 1.165) is 24.3 Å². The van der Waals surface area contributed by atoms with Gasteiger partial charge in [0, 0.05) is 24.1 Å². The number of aromatic nitrogens is 1. The predicted molar refractivity (Wildman–Crippen MR) is 92.8 cm³/mol. The van der Waals surface area contributed by atoms with E-state index in [1.54, 1.807) is 0 Å². The highest BCUT2D eigenvalue weighted by molar-refractivity contribution is 5.96. The van der Waals surface area contributed by atoms with Crippen molar-refractivity contribution in [1.82, 2.24) is 4.98 Å². The van der Waals surface area contributed by atoms with E-state index in [1.165, 1.54) is 42.6 Å². The quantitative estimate of drug-likeness (QED) is 0.407. The molecule has 2 aromatic carbocycles. The fourth-order valence-corrected chi connectivity index (χ4v) is 2.90. The SMILES string of the molecule is O=C(C[C@@H](c1ccc(C(F)(F)F)cc1)c1ncccc1F)c1cccc(F)c1. The van der Waals surface area contributed by atoms with Crippen LogP contribution in [0.1, 0.15) is 39.5 Å². The van der Waals surface area contributed by atoms with Gasteiger partial charge in [-0.15, -0.1) is 0 Å². The number of carbonyl (C=O) groups excluding carboxylic acids is 1. The lowest BCUT2D eigenvalue weighted by Gasteiger charge is -2.18. The molecule has 3 rings (SSSR count). The van der Waals surface area contributed by atoms with Crippen molar-refractivity contribution in [3.05, 3.63) is 101 Å². The maximum atomic E-state index is 14.3. The smallest absolute Gasteiger partial charge is 0.294 e. The van der Waals surface area contributed by atoms with Crippen molar-refractivity contribution in [3.63, 3.8) is 0 Å². The summed E-state index contributed by atoms with van der Waals surface area (Å²) >= 11 is 0. The van der Waals surface area contributed by atoms with Crippen molar-refractivity contribution in [2.45, 2.75) is 18.5 Å². The minimum atomic E-state index is -4.51. The number of rotatable bonds is 5. The Labute approximate surface area is 157 Å². The van der Waals surface area contributed by atoms with Gasteiger partial charge < -0.3 is 0 Å². The molecule has 144 valence electrons. The van der Waals surface area contributed by atoms with Gasteiger partial charge in [-0.3, -0.25) is 9.78 Å². The van der Waals surface area contributed by atoms with Gasteiger partial charge in [-0.1, -0.05) is 24.3 Å². The van der Waals surface area contributed by atoms with E-state index < -0.39 is 35.1 Å². The van der Waals surface area contributed by atoms with Crippen molar-refractivity contribution in [1.29, 1.82) is 0 Å². The summed E-state index contributed by atoms with van der Waals surface area (Å²) in [5.74, 6) is -2.67. The number of nitrogens with zero attached hydrogens (tertiary/aromatic N) is 1. The molecule has 0 spiro atoms. The Balaban J connectivity index is 1.99. The summed E-state index contributed by atoms with van der Waals surface area (Å²) in [6, 6.07) is 11.7. The van der Waals surface area contributed by atoms with Gasteiger partial charge in [0.05, 0.1) is 11.3 Å². The van der Waals surface area contributed by atoms with Crippen molar-refractivity contribution in [2.24, 2.45) is 0 Å². The normalized spacial score (nSPS) is 12.6. The van der Waals surface area contributed by atoms with E-state index in [4.69, 9.17) is 0 Å². The number of carbonyl (C=O) groups is 1. The molecule has 1 aromatic heterocycles. The highest BCUT2D eigenvalue weighted by Gasteiger charge is 2.31. The topological polar surface area (TPSA) is 30.0 Å². The number of alkyl halides is 3. The van der Waals surface area contributed by atoms with Crippen molar-refractivity contribution >= 4 is 5.78 Å². The summed E-state index contributed by atoms with van der Waals surface area (Å²) in [5.41, 5.74) is -0.524. The first-order valence-electron chi connectivity index (χ1n) is 8.32.